The molecule has 10 heteroatoms. The van der Waals surface area contributed by atoms with Crippen molar-refractivity contribution in [2.45, 2.75) is 27.7 Å². The van der Waals surface area contributed by atoms with E-state index in [0.717, 1.165) is 5.75 Å². The van der Waals surface area contributed by atoms with Crippen molar-refractivity contribution in [1.82, 2.24) is 0 Å². The molecular formula is C14H26O5P2S3. The van der Waals surface area contributed by atoms with Crippen LogP contribution in [0.15, 0.2) is 12.2 Å². The summed E-state index contributed by atoms with van der Waals surface area (Å²) < 4.78 is 34.7. The van der Waals surface area contributed by atoms with Gasteiger partial charge in [0.15, 0.2) is 0 Å². The molecule has 0 bridgehead atoms. The van der Waals surface area contributed by atoms with Crippen molar-refractivity contribution >= 4 is 47.1 Å². The van der Waals surface area contributed by atoms with Crippen molar-refractivity contribution in [3.05, 3.63) is 12.2 Å². The first kappa shape index (κ1) is 21.5. The number of rotatable bonds is 6. The van der Waals surface area contributed by atoms with Gasteiger partial charge in [-0.05, 0) is 23.2 Å². The van der Waals surface area contributed by atoms with E-state index in [-0.39, 0.29) is 10.8 Å². The Balaban J connectivity index is 1.65. The molecule has 0 atom stereocenters. The molecular weight excluding hydrogens is 406 g/mol. The first-order chi connectivity index (χ1) is 11.0. The Kier molecular flexibility index (Phi) is 7.56. The monoisotopic (exact) mass is 432 g/mol. The zero-order chi connectivity index (χ0) is 17.9. The Morgan fingerprint density at radius 3 is 1.79 bits per heavy atom. The van der Waals surface area contributed by atoms with Crippen LogP contribution in [0.4, 0.5) is 0 Å². The zero-order valence-electron chi connectivity index (χ0n) is 14.6. The van der Waals surface area contributed by atoms with Crippen LogP contribution in [0.25, 0.3) is 0 Å². The van der Waals surface area contributed by atoms with Gasteiger partial charge in [0, 0.05) is 22.3 Å². The van der Waals surface area contributed by atoms with Crippen LogP contribution in [0.2, 0.25) is 0 Å². The van der Waals surface area contributed by atoms with Crippen molar-refractivity contribution in [3.63, 3.8) is 0 Å². The summed E-state index contributed by atoms with van der Waals surface area (Å²) in [6.07, 6.45) is 3.96. The van der Waals surface area contributed by atoms with E-state index in [2.05, 4.69) is 13.8 Å². The van der Waals surface area contributed by atoms with Crippen molar-refractivity contribution in [2.75, 3.05) is 37.9 Å². The van der Waals surface area contributed by atoms with E-state index >= 15 is 0 Å². The van der Waals surface area contributed by atoms with E-state index in [9.17, 15) is 4.57 Å². The zero-order valence-corrected chi connectivity index (χ0v) is 18.8. The maximum Gasteiger partial charge on any atom is 0.389 e. The largest absolute Gasteiger partial charge is 0.389 e. The Bertz CT molecular complexity index is 489. The third kappa shape index (κ3) is 7.05. The van der Waals surface area contributed by atoms with Gasteiger partial charge in [-0.2, -0.15) is 0 Å². The highest BCUT2D eigenvalue weighted by molar-refractivity contribution is 8.68. The number of hydrogen-bond donors (Lipinski definition) is 0. The molecule has 0 amide bonds. The molecule has 0 aromatic rings. The Morgan fingerprint density at radius 2 is 1.29 bits per heavy atom. The lowest BCUT2D eigenvalue weighted by Crippen LogP contribution is -2.28. The summed E-state index contributed by atoms with van der Waals surface area (Å²) in [5.41, 5.74) is -2.24. The lowest BCUT2D eigenvalue weighted by atomic mass is 9.97. The van der Waals surface area contributed by atoms with Crippen molar-refractivity contribution < 1.29 is 22.7 Å². The summed E-state index contributed by atoms with van der Waals surface area (Å²) >= 11 is 8.24. The summed E-state index contributed by atoms with van der Waals surface area (Å²) in [6, 6.07) is 0. The quantitative estimate of drug-likeness (QED) is 0.404. The minimum Gasteiger partial charge on any atom is -0.321 e. The number of hydrogen-bond acceptors (Lipinski definition) is 8. The van der Waals surface area contributed by atoms with Gasteiger partial charge in [-0.25, -0.2) is 4.57 Å². The van der Waals surface area contributed by atoms with Gasteiger partial charge in [0.2, 0.25) is 5.69 Å². The van der Waals surface area contributed by atoms with Crippen LogP contribution in [-0.4, -0.2) is 37.9 Å². The average molecular weight is 433 g/mol. The Morgan fingerprint density at radius 1 is 0.875 bits per heavy atom. The van der Waals surface area contributed by atoms with Crippen molar-refractivity contribution in [3.8, 4) is 0 Å². The highest BCUT2D eigenvalue weighted by Gasteiger charge is 2.37. The van der Waals surface area contributed by atoms with Crippen LogP contribution < -0.4 is 0 Å². The fourth-order valence-corrected chi connectivity index (χ4v) is 9.02. The van der Waals surface area contributed by atoms with E-state index in [1.807, 2.05) is 26.0 Å². The van der Waals surface area contributed by atoms with Gasteiger partial charge in [0.1, 0.15) is 0 Å². The van der Waals surface area contributed by atoms with E-state index < -0.39 is 12.5 Å². The smallest absolute Gasteiger partial charge is 0.321 e. The minimum absolute atomic E-state index is 0.0378. The third-order valence-electron chi connectivity index (χ3n) is 3.28. The molecule has 5 nitrogen and oxygen atoms in total. The van der Waals surface area contributed by atoms with Crippen LogP contribution >= 0.6 is 35.3 Å². The second-order valence-corrected chi connectivity index (χ2v) is 17.9. The lowest BCUT2D eigenvalue weighted by Gasteiger charge is -2.35. The standard InChI is InChI=1S/C14H26O5P2S3/c1-13(2)9-16-20(15,17-10-13)23-7-5-6-8-24-21(22)18-11-14(3,4)12-19-21/h5-6H,7-12H2,1-4H3. The molecule has 140 valence electrons. The Labute approximate surface area is 158 Å². The fourth-order valence-electron chi connectivity index (χ4n) is 1.73. The highest BCUT2D eigenvalue weighted by atomic mass is 32.9. The summed E-state index contributed by atoms with van der Waals surface area (Å²) in [4.78, 5) is 0. The molecule has 0 N–H and O–H groups in total. The van der Waals surface area contributed by atoms with Crippen LogP contribution in [-0.2, 0) is 34.5 Å². The van der Waals surface area contributed by atoms with Crippen LogP contribution in [0.3, 0.4) is 0 Å². The maximum atomic E-state index is 12.3. The highest BCUT2D eigenvalue weighted by Crippen LogP contribution is 2.65. The first-order valence-electron chi connectivity index (χ1n) is 7.76. The molecule has 0 saturated carbocycles. The first-order valence-corrected chi connectivity index (χ1v) is 15.1. The molecule has 0 radical (unpaired) electrons. The molecule has 0 unspecified atom stereocenters. The predicted molar refractivity (Wildman–Crippen MR) is 107 cm³/mol. The molecule has 2 aliphatic heterocycles. The molecule has 0 aliphatic carbocycles. The van der Waals surface area contributed by atoms with Crippen LogP contribution in [0, 0.1) is 10.8 Å². The molecule has 24 heavy (non-hydrogen) atoms. The normalized spacial score (nSPS) is 28.0. The second kappa shape index (κ2) is 8.45. The average Bonchev–Trinajstić information content (AvgIpc) is 2.50. The molecule has 0 aromatic carbocycles. The third-order valence-corrected chi connectivity index (χ3v) is 12.0. The van der Waals surface area contributed by atoms with Gasteiger partial charge >= 0.3 is 6.80 Å². The topological polar surface area (TPSA) is 54.0 Å². The van der Waals surface area contributed by atoms with Crippen molar-refractivity contribution in [2.24, 2.45) is 10.8 Å². The summed E-state index contributed by atoms with van der Waals surface area (Å²) in [7, 11) is 0. The van der Waals surface area contributed by atoms with E-state index in [4.69, 9.17) is 29.9 Å². The van der Waals surface area contributed by atoms with E-state index in [0.29, 0.717) is 32.2 Å². The fraction of sp³-hybridized carbons (Fsp3) is 0.857. The summed E-state index contributed by atoms with van der Waals surface area (Å²) in [5, 5.41) is 0. The predicted octanol–water partition coefficient (Wildman–Crippen LogP) is 5.49. The molecule has 2 aliphatic rings. The van der Waals surface area contributed by atoms with Gasteiger partial charge in [0.05, 0.1) is 26.4 Å². The second-order valence-electron chi connectivity index (χ2n) is 7.38. The van der Waals surface area contributed by atoms with Crippen molar-refractivity contribution in [1.29, 1.82) is 0 Å². The van der Waals surface area contributed by atoms with Gasteiger partial charge in [-0.1, -0.05) is 51.2 Å². The van der Waals surface area contributed by atoms with Gasteiger partial charge in [-0.15, -0.1) is 0 Å². The van der Waals surface area contributed by atoms with Gasteiger partial charge < -0.3 is 18.1 Å². The van der Waals surface area contributed by atoms with Crippen LogP contribution in [0.5, 0.6) is 0 Å². The van der Waals surface area contributed by atoms with Gasteiger partial charge in [0.25, 0.3) is 0 Å². The van der Waals surface area contributed by atoms with Crippen LogP contribution in [0.1, 0.15) is 27.7 Å². The molecule has 2 heterocycles. The maximum absolute atomic E-state index is 12.3. The Hall–Kier alpha value is 1.16. The molecule has 0 spiro atoms. The summed E-state index contributed by atoms with van der Waals surface area (Å²) in [5.74, 6) is 1.30. The minimum atomic E-state index is -3.00. The molecule has 2 saturated heterocycles. The van der Waals surface area contributed by atoms with E-state index in [1.54, 1.807) is 0 Å². The molecule has 2 fully saturated rings. The summed E-state index contributed by atoms with van der Waals surface area (Å²) in [6.45, 7) is 7.48. The van der Waals surface area contributed by atoms with E-state index in [1.165, 1.54) is 22.8 Å². The SMILES string of the molecule is CC1(C)COP(=O)(SCC=CCSP2(=S)OCC(C)(C)CO2)OC1. The molecule has 0 aromatic heterocycles. The molecule has 2 rings (SSSR count). The lowest BCUT2D eigenvalue weighted by molar-refractivity contribution is 0.0501. The van der Waals surface area contributed by atoms with Gasteiger partial charge in [-0.3, -0.25) is 0 Å².